The number of nitrogens with zero attached hydrogens (tertiary/aromatic N) is 1. The van der Waals surface area contributed by atoms with Gasteiger partial charge >= 0.3 is 0 Å². The van der Waals surface area contributed by atoms with Crippen molar-refractivity contribution in [1.29, 1.82) is 0 Å². The summed E-state index contributed by atoms with van der Waals surface area (Å²) in [6, 6.07) is 5.47. The smallest absolute Gasteiger partial charge is 0.153 e. The molecule has 16 heavy (non-hydrogen) atoms. The van der Waals surface area contributed by atoms with E-state index in [0.29, 0.717) is 11.3 Å². The fraction of sp³-hybridized carbons (Fsp3) is 0.167. The second-order valence-electron chi connectivity index (χ2n) is 3.34. The standard InChI is InChI=1S/C12H11NO2S/c1-8-7-16-12(13-8)10-5-3-4-9(6-14)11(10)15-2/h3-7H,1-2H3. The van der Waals surface area contributed by atoms with Gasteiger partial charge in [-0.1, -0.05) is 6.07 Å². The van der Waals surface area contributed by atoms with Crippen LogP contribution in [0.3, 0.4) is 0 Å². The van der Waals surface area contributed by atoms with Gasteiger partial charge in [0.15, 0.2) is 6.29 Å². The van der Waals surface area contributed by atoms with Gasteiger partial charge in [0, 0.05) is 11.1 Å². The molecule has 4 heteroatoms. The normalized spacial score (nSPS) is 10.1. The molecule has 82 valence electrons. The fourth-order valence-corrected chi connectivity index (χ4v) is 2.34. The number of rotatable bonds is 3. The Labute approximate surface area is 97.7 Å². The van der Waals surface area contributed by atoms with E-state index in [1.165, 1.54) is 0 Å². The zero-order valence-corrected chi connectivity index (χ0v) is 9.88. The zero-order valence-electron chi connectivity index (χ0n) is 9.06. The number of hydrogen-bond donors (Lipinski definition) is 0. The summed E-state index contributed by atoms with van der Waals surface area (Å²) in [5, 5.41) is 2.85. The van der Waals surface area contributed by atoms with Crippen LogP contribution in [0.4, 0.5) is 0 Å². The minimum atomic E-state index is 0.549. The second-order valence-corrected chi connectivity index (χ2v) is 4.20. The molecule has 0 bridgehead atoms. The molecular formula is C12H11NO2S. The summed E-state index contributed by atoms with van der Waals surface area (Å²) in [6.45, 7) is 1.94. The van der Waals surface area contributed by atoms with E-state index in [1.807, 2.05) is 24.4 Å². The first-order valence-corrected chi connectivity index (χ1v) is 5.69. The van der Waals surface area contributed by atoms with E-state index in [9.17, 15) is 4.79 Å². The van der Waals surface area contributed by atoms with Gasteiger partial charge in [0.1, 0.15) is 10.8 Å². The molecule has 0 radical (unpaired) electrons. The lowest BCUT2D eigenvalue weighted by molar-refractivity contribution is 0.112. The fourth-order valence-electron chi connectivity index (χ4n) is 1.52. The Balaban J connectivity index is 2.60. The Morgan fingerprint density at radius 1 is 1.44 bits per heavy atom. The molecule has 3 nitrogen and oxygen atoms in total. The van der Waals surface area contributed by atoms with Gasteiger partial charge in [-0.05, 0) is 19.1 Å². The Morgan fingerprint density at radius 2 is 2.25 bits per heavy atom. The third-order valence-electron chi connectivity index (χ3n) is 2.23. The summed E-state index contributed by atoms with van der Waals surface area (Å²) in [5.41, 5.74) is 2.39. The van der Waals surface area contributed by atoms with Crippen molar-refractivity contribution >= 4 is 17.6 Å². The first-order valence-electron chi connectivity index (χ1n) is 4.81. The van der Waals surface area contributed by atoms with Crippen molar-refractivity contribution in [2.75, 3.05) is 7.11 Å². The molecule has 0 saturated carbocycles. The van der Waals surface area contributed by atoms with Crippen LogP contribution in [0.1, 0.15) is 16.1 Å². The van der Waals surface area contributed by atoms with Gasteiger partial charge in [0.2, 0.25) is 0 Å². The number of para-hydroxylation sites is 1. The predicted molar refractivity (Wildman–Crippen MR) is 64.2 cm³/mol. The van der Waals surface area contributed by atoms with Crippen LogP contribution in [0.5, 0.6) is 5.75 Å². The van der Waals surface area contributed by atoms with Gasteiger partial charge in [-0.2, -0.15) is 0 Å². The lowest BCUT2D eigenvalue weighted by atomic mass is 10.1. The summed E-state index contributed by atoms with van der Waals surface area (Å²) in [6.07, 6.45) is 0.794. The molecule has 0 fully saturated rings. The molecule has 1 aromatic carbocycles. The highest BCUT2D eigenvalue weighted by Gasteiger charge is 2.12. The Kier molecular flexibility index (Phi) is 3.01. The van der Waals surface area contributed by atoms with Crippen molar-refractivity contribution in [1.82, 2.24) is 4.98 Å². The van der Waals surface area contributed by atoms with Crippen LogP contribution in [0, 0.1) is 6.92 Å². The molecule has 0 atom stereocenters. The third-order valence-corrected chi connectivity index (χ3v) is 3.22. The second kappa shape index (κ2) is 4.45. The summed E-state index contributed by atoms with van der Waals surface area (Å²) in [7, 11) is 1.56. The van der Waals surface area contributed by atoms with Crippen LogP contribution in [-0.4, -0.2) is 18.4 Å². The van der Waals surface area contributed by atoms with E-state index < -0.39 is 0 Å². The van der Waals surface area contributed by atoms with E-state index in [-0.39, 0.29) is 0 Å². The number of carbonyl (C=O) groups excluding carboxylic acids is 1. The van der Waals surface area contributed by atoms with E-state index in [1.54, 1.807) is 24.5 Å². The highest BCUT2D eigenvalue weighted by atomic mass is 32.1. The van der Waals surface area contributed by atoms with Gasteiger partial charge in [0.05, 0.1) is 18.2 Å². The van der Waals surface area contributed by atoms with Crippen molar-refractivity contribution < 1.29 is 9.53 Å². The van der Waals surface area contributed by atoms with E-state index >= 15 is 0 Å². The molecule has 0 spiro atoms. The van der Waals surface area contributed by atoms with Crippen LogP contribution in [0.15, 0.2) is 23.6 Å². The monoisotopic (exact) mass is 233 g/mol. The highest BCUT2D eigenvalue weighted by Crippen LogP contribution is 2.34. The topological polar surface area (TPSA) is 39.2 Å². The Bertz CT molecular complexity index is 519. The molecule has 2 aromatic rings. The quantitative estimate of drug-likeness (QED) is 0.765. The molecule has 0 aliphatic carbocycles. The molecule has 1 heterocycles. The number of ether oxygens (including phenoxy) is 1. The average molecular weight is 233 g/mol. The SMILES string of the molecule is COc1c(C=O)cccc1-c1nc(C)cs1. The summed E-state index contributed by atoms with van der Waals surface area (Å²) >= 11 is 1.54. The van der Waals surface area contributed by atoms with Gasteiger partial charge in [-0.25, -0.2) is 4.98 Å². The van der Waals surface area contributed by atoms with Gasteiger partial charge in [-0.15, -0.1) is 11.3 Å². The number of aryl methyl sites for hydroxylation is 1. The number of benzene rings is 1. The maximum Gasteiger partial charge on any atom is 0.153 e. The zero-order chi connectivity index (χ0) is 11.5. The maximum atomic E-state index is 10.9. The van der Waals surface area contributed by atoms with E-state index in [0.717, 1.165) is 22.6 Å². The largest absolute Gasteiger partial charge is 0.495 e. The van der Waals surface area contributed by atoms with Crippen LogP contribution in [0.25, 0.3) is 10.6 Å². The van der Waals surface area contributed by atoms with E-state index in [2.05, 4.69) is 4.98 Å². The minimum absolute atomic E-state index is 0.549. The molecule has 0 saturated heterocycles. The average Bonchev–Trinajstić information content (AvgIpc) is 2.74. The van der Waals surface area contributed by atoms with Crippen LogP contribution >= 0.6 is 11.3 Å². The number of aldehydes is 1. The number of hydrogen-bond acceptors (Lipinski definition) is 4. The van der Waals surface area contributed by atoms with Crippen LogP contribution < -0.4 is 4.74 Å². The molecular weight excluding hydrogens is 222 g/mol. The van der Waals surface area contributed by atoms with Crippen molar-refractivity contribution in [2.45, 2.75) is 6.92 Å². The minimum Gasteiger partial charge on any atom is -0.495 e. The first-order chi connectivity index (χ1) is 7.76. The predicted octanol–water partition coefficient (Wildman–Crippen LogP) is 2.94. The molecule has 0 aliphatic rings. The van der Waals surface area contributed by atoms with Gasteiger partial charge < -0.3 is 4.74 Å². The molecule has 0 aliphatic heterocycles. The molecule has 1 aromatic heterocycles. The Hall–Kier alpha value is -1.68. The van der Waals surface area contributed by atoms with Crippen molar-refractivity contribution in [3.8, 4) is 16.3 Å². The molecule has 0 amide bonds. The van der Waals surface area contributed by atoms with Crippen molar-refractivity contribution in [3.05, 3.63) is 34.8 Å². The van der Waals surface area contributed by atoms with Crippen LogP contribution in [0.2, 0.25) is 0 Å². The first kappa shape index (κ1) is 10.8. The number of carbonyl (C=O) groups is 1. The molecule has 0 N–H and O–H groups in total. The number of methoxy groups -OCH3 is 1. The van der Waals surface area contributed by atoms with E-state index in [4.69, 9.17) is 4.74 Å². The molecule has 0 unspecified atom stereocenters. The lowest BCUT2D eigenvalue weighted by Gasteiger charge is -2.07. The van der Waals surface area contributed by atoms with Crippen molar-refractivity contribution in [2.24, 2.45) is 0 Å². The van der Waals surface area contributed by atoms with Gasteiger partial charge in [0.25, 0.3) is 0 Å². The highest BCUT2D eigenvalue weighted by molar-refractivity contribution is 7.13. The summed E-state index contributed by atoms with van der Waals surface area (Å²) in [5.74, 6) is 0.590. The lowest BCUT2D eigenvalue weighted by Crippen LogP contribution is -1.93. The number of aromatic nitrogens is 1. The Morgan fingerprint density at radius 3 is 2.81 bits per heavy atom. The van der Waals surface area contributed by atoms with Crippen molar-refractivity contribution in [3.63, 3.8) is 0 Å². The van der Waals surface area contributed by atoms with Crippen LogP contribution in [-0.2, 0) is 0 Å². The van der Waals surface area contributed by atoms with Gasteiger partial charge in [-0.3, -0.25) is 4.79 Å². The maximum absolute atomic E-state index is 10.9. The summed E-state index contributed by atoms with van der Waals surface area (Å²) in [4.78, 5) is 15.3. The number of thiazole rings is 1. The third kappa shape index (κ3) is 1.84. The molecule has 2 rings (SSSR count). The summed E-state index contributed by atoms with van der Waals surface area (Å²) < 4.78 is 5.27.